The zero-order valence-electron chi connectivity index (χ0n) is 22.8. The number of rotatable bonds is 6. The van der Waals surface area contributed by atoms with Gasteiger partial charge in [-0.2, -0.15) is 5.10 Å². The maximum atomic E-state index is 15.3. The fourth-order valence-electron chi connectivity index (χ4n) is 6.06. The second kappa shape index (κ2) is 11.0. The summed E-state index contributed by atoms with van der Waals surface area (Å²) in [5, 5.41) is 5.55. The lowest BCUT2D eigenvalue weighted by atomic mass is 9.89. The smallest absolute Gasteiger partial charge is 0.264 e. The number of piperazine rings is 1. The van der Waals surface area contributed by atoms with E-state index in [9.17, 15) is 12.8 Å². The van der Waals surface area contributed by atoms with Crippen LogP contribution in [0.4, 0.5) is 20.3 Å². The number of hydrogen-bond acceptors (Lipinski definition) is 7. The molecule has 1 saturated heterocycles. The van der Waals surface area contributed by atoms with Crippen LogP contribution in [-0.2, 0) is 10.0 Å². The molecular formula is C29H33F2N7O2S. The van der Waals surface area contributed by atoms with E-state index in [2.05, 4.69) is 26.6 Å². The Labute approximate surface area is 238 Å². The molecule has 1 aliphatic heterocycles. The molecule has 41 heavy (non-hydrogen) atoms. The first-order valence-corrected chi connectivity index (χ1v) is 15.3. The van der Waals surface area contributed by atoms with Gasteiger partial charge in [0, 0.05) is 44.0 Å². The average Bonchev–Trinajstić information content (AvgIpc) is 3.36. The summed E-state index contributed by atoms with van der Waals surface area (Å²) >= 11 is 0. The van der Waals surface area contributed by atoms with Gasteiger partial charge in [-0.05, 0) is 63.1 Å². The number of fused-ring (bicyclic) bond motifs is 1. The summed E-state index contributed by atoms with van der Waals surface area (Å²) in [6.07, 6.45) is 5.76. The van der Waals surface area contributed by atoms with E-state index in [0.29, 0.717) is 28.5 Å². The Morgan fingerprint density at radius 3 is 2.34 bits per heavy atom. The number of halogens is 2. The van der Waals surface area contributed by atoms with Crippen LogP contribution in [0.1, 0.15) is 31.7 Å². The van der Waals surface area contributed by atoms with Gasteiger partial charge < -0.3 is 10.6 Å². The van der Waals surface area contributed by atoms with Crippen LogP contribution < -0.4 is 10.5 Å². The van der Waals surface area contributed by atoms with Gasteiger partial charge in [-0.25, -0.2) is 22.2 Å². The van der Waals surface area contributed by atoms with Crippen LogP contribution in [0.5, 0.6) is 0 Å². The first-order chi connectivity index (χ1) is 19.7. The van der Waals surface area contributed by atoms with Gasteiger partial charge in [-0.3, -0.25) is 14.3 Å². The summed E-state index contributed by atoms with van der Waals surface area (Å²) in [7, 11) is -2.17. The number of aromatic nitrogens is 3. The standard InChI is InChI=1S/C29H33F2N7O2S/c1-36-14-16-37(17-15-36)20-7-9-21(10-8-20)38-25-12-13-33-29(32)27(25)28(34-38)19-6-11-24(23(31)18-19)35-41(39,40)26-5-3-2-4-22(26)30/h2-6,11-13,18,20-21,35H,7-10,14-17H2,1H3,(H2,32,33). The minimum Gasteiger partial charge on any atom is -0.383 e. The number of nitrogen functional groups attached to an aromatic ring is 1. The number of nitrogens with zero attached hydrogens (tertiary/aromatic N) is 5. The fraction of sp³-hybridized carbons (Fsp3) is 0.379. The Morgan fingerprint density at radius 1 is 0.927 bits per heavy atom. The summed E-state index contributed by atoms with van der Waals surface area (Å²) in [4.78, 5) is 8.67. The molecule has 6 rings (SSSR count). The second-order valence-corrected chi connectivity index (χ2v) is 12.6. The molecule has 0 amide bonds. The molecule has 3 N–H and O–H groups in total. The van der Waals surface area contributed by atoms with E-state index in [1.54, 1.807) is 12.3 Å². The molecule has 9 nitrogen and oxygen atoms in total. The third kappa shape index (κ3) is 5.39. The van der Waals surface area contributed by atoms with E-state index in [1.165, 1.54) is 24.3 Å². The summed E-state index contributed by atoms with van der Waals surface area (Å²) in [5.41, 5.74) is 7.76. The van der Waals surface area contributed by atoms with Crippen molar-refractivity contribution in [2.24, 2.45) is 0 Å². The van der Waals surface area contributed by atoms with Gasteiger partial charge in [0.25, 0.3) is 10.0 Å². The van der Waals surface area contributed by atoms with Crippen molar-refractivity contribution >= 4 is 32.4 Å². The van der Waals surface area contributed by atoms with Crippen LogP contribution in [0.2, 0.25) is 0 Å². The normalized spacial score (nSPS) is 20.9. The van der Waals surface area contributed by atoms with E-state index in [-0.39, 0.29) is 11.7 Å². The summed E-state index contributed by atoms with van der Waals surface area (Å²) in [6, 6.07) is 11.7. The zero-order chi connectivity index (χ0) is 28.7. The molecule has 0 atom stereocenters. The Bertz CT molecular complexity index is 1680. The number of likely N-dealkylation sites (N-methyl/N-ethyl adjacent to an activating group) is 1. The molecule has 2 aromatic heterocycles. The number of pyridine rings is 1. The number of nitrogens with one attached hydrogen (secondary N) is 1. The van der Waals surface area contributed by atoms with Gasteiger partial charge in [0.05, 0.1) is 22.6 Å². The number of anilines is 2. The Kier molecular flexibility index (Phi) is 7.39. The van der Waals surface area contributed by atoms with E-state index in [4.69, 9.17) is 10.8 Å². The van der Waals surface area contributed by atoms with Crippen LogP contribution in [0.25, 0.3) is 22.2 Å². The third-order valence-corrected chi connectivity index (χ3v) is 9.73. The molecule has 2 aliphatic rings. The number of hydrogen-bond donors (Lipinski definition) is 2. The van der Waals surface area contributed by atoms with E-state index < -0.39 is 26.6 Å². The zero-order valence-corrected chi connectivity index (χ0v) is 23.6. The second-order valence-electron chi connectivity index (χ2n) is 10.9. The molecule has 0 spiro atoms. The van der Waals surface area contributed by atoms with E-state index in [0.717, 1.165) is 69.5 Å². The summed E-state index contributed by atoms with van der Waals surface area (Å²) < 4.78 is 58.9. The molecule has 2 aromatic carbocycles. The molecule has 1 saturated carbocycles. The van der Waals surface area contributed by atoms with Crippen molar-refractivity contribution in [3.63, 3.8) is 0 Å². The average molecular weight is 582 g/mol. The first kappa shape index (κ1) is 27.6. The lowest BCUT2D eigenvalue weighted by Crippen LogP contribution is -2.49. The van der Waals surface area contributed by atoms with Crippen LogP contribution in [0, 0.1) is 11.6 Å². The molecule has 1 aliphatic carbocycles. The Morgan fingerprint density at radius 2 is 1.63 bits per heavy atom. The van der Waals surface area contributed by atoms with Gasteiger partial charge in [0.2, 0.25) is 0 Å². The molecule has 0 unspecified atom stereocenters. The lowest BCUT2D eigenvalue weighted by molar-refractivity contribution is 0.0816. The van der Waals surface area contributed by atoms with Crippen molar-refractivity contribution in [1.29, 1.82) is 0 Å². The van der Waals surface area contributed by atoms with Crippen molar-refractivity contribution in [3.8, 4) is 11.3 Å². The van der Waals surface area contributed by atoms with Crippen LogP contribution in [-0.4, -0.2) is 72.3 Å². The molecule has 4 aromatic rings. The fourth-order valence-corrected chi connectivity index (χ4v) is 7.20. The molecular weight excluding hydrogens is 548 g/mol. The predicted molar refractivity (Wildman–Crippen MR) is 155 cm³/mol. The number of benzene rings is 2. The number of sulfonamides is 1. The van der Waals surface area contributed by atoms with Crippen LogP contribution in [0.3, 0.4) is 0 Å². The molecule has 12 heteroatoms. The van der Waals surface area contributed by atoms with Gasteiger partial charge in [0.15, 0.2) is 0 Å². The molecule has 2 fully saturated rings. The highest BCUT2D eigenvalue weighted by atomic mass is 32.2. The largest absolute Gasteiger partial charge is 0.383 e. The van der Waals surface area contributed by atoms with Gasteiger partial charge in [0.1, 0.15) is 28.0 Å². The monoisotopic (exact) mass is 581 g/mol. The highest BCUT2D eigenvalue weighted by molar-refractivity contribution is 7.92. The van der Waals surface area contributed by atoms with Crippen LogP contribution in [0.15, 0.2) is 59.6 Å². The molecule has 0 bridgehead atoms. The Hall–Kier alpha value is -3.61. The Balaban J connectivity index is 1.27. The quantitative estimate of drug-likeness (QED) is 0.345. The lowest BCUT2D eigenvalue weighted by Gasteiger charge is -2.41. The van der Waals surface area contributed by atoms with Gasteiger partial charge >= 0.3 is 0 Å². The van der Waals surface area contributed by atoms with Crippen molar-refractivity contribution < 1.29 is 17.2 Å². The first-order valence-electron chi connectivity index (χ1n) is 13.8. The summed E-state index contributed by atoms with van der Waals surface area (Å²) in [5.74, 6) is -1.45. The highest BCUT2D eigenvalue weighted by Crippen LogP contribution is 2.38. The molecule has 0 radical (unpaired) electrons. The summed E-state index contributed by atoms with van der Waals surface area (Å²) in [6.45, 7) is 4.39. The van der Waals surface area contributed by atoms with Crippen molar-refractivity contribution in [2.75, 3.05) is 43.7 Å². The van der Waals surface area contributed by atoms with Crippen molar-refractivity contribution in [2.45, 2.75) is 42.7 Å². The number of nitrogens with two attached hydrogens (primary N) is 1. The van der Waals surface area contributed by atoms with Crippen LogP contribution >= 0.6 is 0 Å². The third-order valence-electron chi connectivity index (χ3n) is 8.33. The molecule has 216 valence electrons. The maximum Gasteiger partial charge on any atom is 0.264 e. The van der Waals surface area contributed by atoms with E-state index in [1.807, 2.05) is 10.7 Å². The topological polar surface area (TPSA) is 109 Å². The highest BCUT2D eigenvalue weighted by Gasteiger charge is 2.30. The SMILES string of the molecule is CN1CCN(C2CCC(n3nc(-c4ccc(NS(=O)(=O)c5ccccc5F)c(F)c4)c4c(N)nccc43)CC2)CC1. The minimum atomic E-state index is -4.33. The maximum absolute atomic E-state index is 15.3. The van der Waals surface area contributed by atoms with Gasteiger partial charge in [-0.1, -0.05) is 18.2 Å². The van der Waals surface area contributed by atoms with Crippen molar-refractivity contribution in [1.82, 2.24) is 24.6 Å². The van der Waals surface area contributed by atoms with Crippen molar-refractivity contribution in [3.05, 3.63) is 66.4 Å². The predicted octanol–water partition coefficient (Wildman–Crippen LogP) is 4.49. The minimum absolute atomic E-state index is 0.175. The molecule has 3 heterocycles. The van der Waals surface area contributed by atoms with E-state index >= 15 is 4.39 Å². The van der Waals surface area contributed by atoms with Gasteiger partial charge in [-0.15, -0.1) is 0 Å².